The van der Waals surface area contributed by atoms with Crippen LogP contribution < -0.4 is 0 Å². The van der Waals surface area contributed by atoms with E-state index >= 15 is 0 Å². The van der Waals surface area contributed by atoms with Gasteiger partial charge >= 0.3 is 0 Å². The number of benzene rings is 1. The van der Waals surface area contributed by atoms with Gasteiger partial charge < -0.3 is 0 Å². The van der Waals surface area contributed by atoms with Crippen molar-refractivity contribution in [3.05, 3.63) is 35.6 Å². The molecule has 0 amide bonds. The first-order valence-corrected chi connectivity index (χ1v) is 6.62. The maximum Gasteiger partial charge on any atom is 0.132 e. The fourth-order valence-electron chi connectivity index (χ4n) is 2.57. The highest BCUT2D eigenvalue weighted by molar-refractivity contribution is 5.78. The van der Waals surface area contributed by atoms with E-state index in [1.807, 2.05) is 12.1 Å². The predicted molar refractivity (Wildman–Crippen MR) is 69.7 cm³/mol. The molecule has 1 atom stereocenters. The quantitative estimate of drug-likeness (QED) is 0.820. The Morgan fingerprint density at radius 3 is 2.67 bits per heavy atom. The summed E-state index contributed by atoms with van der Waals surface area (Å²) in [6, 6.07) is 6.68. The lowest BCUT2D eigenvalue weighted by atomic mass is 9.97. The number of ketones is 1. The number of carbonyl (C=O) groups excluding carboxylic acids is 1. The van der Waals surface area contributed by atoms with Gasteiger partial charge in [-0.25, -0.2) is 4.39 Å². The molecule has 1 fully saturated rings. The Labute approximate surface area is 108 Å². The van der Waals surface area contributed by atoms with Gasteiger partial charge in [-0.15, -0.1) is 0 Å². The molecule has 0 spiro atoms. The molecule has 0 aromatic heterocycles. The average Bonchev–Trinajstić information content (AvgIpc) is 2.58. The van der Waals surface area contributed by atoms with Crippen molar-refractivity contribution in [2.75, 3.05) is 13.1 Å². The summed E-state index contributed by atoms with van der Waals surface area (Å²) in [5, 5.41) is 0. The van der Waals surface area contributed by atoms with Gasteiger partial charge in [0.25, 0.3) is 0 Å². The summed E-state index contributed by atoms with van der Waals surface area (Å²) >= 11 is 0. The predicted octanol–water partition coefficient (Wildman–Crippen LogP) is 3.02. The second-order valence-electron chi connectivity index (χ2n) is 5.14. The van der Waals surface area contributed by atoms with Crippen LogP contribution in [-0.2, 0) is 11.3 Å². The van der Waals surface area contributed by atoms with Crippen LogP contribution in [0.4, 0.5) is 4.39 Å². The number of hydrogen-bond acceptors (Lipinski definition) is 2. The molecule has 0 saturated carbocycles. The highest BCUT2D eigenvalue weighted by Gasteiger charge is 2.19. The van der Waals surface area contributed by atoms with Crippen LogP contribution in [0.2, 0.25) is 0 Å². The summed E-state index contributed by atoms with van der Waals surface area (Å²) in [5.74, 6) is 0.369. The third-order valence-corrected chi connectivity index (χ3v) is 3.72. The molecule has 1 heterocycles. The summed E-state index contributed by atoms with van der Waals surface area (Å²) in [4.78, 5) is 13.8. The molecule has 1 saturated heterocycles. The van der Waals surface area contributed by atoms with E-state index in [-0.39, 0.29) is 11.7 Å². The maximum absolute atomic E-state index is 12.8. The highest BCUT2D eigenvalue weighted by Crippen LogP contribution is 2.19. The molecule has 1 aromatic carbocycles. The van der Waals surface area contributed by atoms with E-state index in [2.05, 4.69) is 4.90 Å². The molecule has 0 N–H and O–H groups in total. The van der Waals surface area contributed by atoms with E-state index in [1.54, 1.807) is 6.92 Å². The van der Waals surface area contributed by atoms with Crippen molar-refractivity contribution in [1.29, 1.82) is 0 Å². The summed E-state index contributed by atoms with van der Waals surface area (Å²) in [7, 11) is 0. The van der Waals surface area contributed by atoms with Crippen LogP contribution in [0.25, 0.3) is 0 Å². The number of Topliss-reactive ketones (excluding diaryl/α,β-unsaturated/α-hetero) is 1. The number of carbonyl (C=O) groups is 1. The Hall–Kier alpha value is -1.22. The average molecular weight is 249 g/mol. The Kier molecular flexibility index (Phi) is 4.48. The third-order valence-electron chi connectivity index (χ3n) is 3.72. The van der Waals surface area contributed by atoms with Gasteiger partial charge in [0.05, 0.1) is 0 Å². The summed E-state index contributed by atoms with van der Waals surface area (Å²) in [6.07, 6.45) is 3.04. The number of halogens is 1. The molecule has 3 heteroatoms. The normalized spacial score (nSPS) is 21.6. The van der Waals surface area contributed by atoms with Crippen LogP contribution in [0, 0.1) is 11.7 Å². The number of nitrogens with zero attached hydrogens (tertiary/aromatic N) is 1. The van der Waals surface area contributed by atoms with E-state index in [0.717, 1.165) is 44.5 Å². The van der Waals surface area contributed by atoms with Crippen molar-refractivity contribution < 1.29 is 9.18 Å². The van der Waals surface area contributed by atoms with Gasteiger partial charge in [0, 0.05) is 12.5 Å². The van der Waals surface area contributed by atoms with Gasteiger partial charge in [-0.1, -0.05) is 12.1 Å². The molecular weight excluding hydrogens is 229 g/mol. The molecular formula is C15H20FNO. The third kappa shape index (κ3) is 3.64. The lowest BCUT2D eigenvalue weighted by Crippen LogP contribution is -2.24. The lowest BCUT2D eigenvalue weighted by molar-refractivity contribution is -0.121. The molecule has 1 unspecified atom stereocenters. The minimum absolute atomic E-state index is 0.189. The van der Waals surface area contributed by atoms with Crippen LogP contribution in [0.3, 0.4) is 0 Å². The molecule has 18 heavy (non-hydrogen) atoms. The number of likely N-dealkylation sites (tertiary alicyclic amines) is 1. The molecule has 0 bridgehead atoms. The molecule has 1 aliphatic heterocycles. The van der Waals surface area contributed by atoms with E-state index in [4.69, 9.17) is 0 Å². The second kappa shape index (κ2) is 6.10. The van der Waals surface area contributed by atoms with Gasteiger partial charge in [-0.05, 0) is 57.0 Å². The van der Waals surface area contributed by atoms with Crippen LogP contribution in [0.15, 0.2) is 24.3 Å². The van der Waals surface area contributed by atoms with Gasteiger partial charge in [-0.3, -0.25) is 9.69 Å². The van der Waals surface area contributed by atoms with Gasteiger partial charge in [0.1, 0.15) is 11.6 Å². The molecule has 1 aliphatic rings. The monoisotopic (exact) mass is 249 g/mol. The van der Waals surface area contributed by atoms with Crippen molar-refractivity contribution in [2.24, 2.45) is 5.92 Å². The Balaban J connectivity index is 1.90. The molecule has 2 nitrogen and oxygen atoms in total. The molecule has 2 rings (SSSR count). The molecule has 98 valence electrons. The minimum atomic E-state index is -0.189. The highest BCUT2D eigenvalue weighted by atomic mass is 19.1. The number of hydrogen-bond donors (Lipinski definition) is 0. The molecule has 1 aromatic rings. The van der Waals surface area contributed by atoms with Crippen molar-refractivity contribution in [3.63, 3.8) is 0 Å². The van der Waals surface area contributed by atoms with Crippen molar-refractivity contribution in [3.8, 4) is 0 Å². The van der Waals surface area contributed by atoms with Crippen molar-refractivity contribution in [1.82, 2.24) is 4.90 Å². The summed E-state index contributed by atoms with van der Waals surface area (Å²) in [6.45, 7) is 4.54. The molecule has 0 aliphatic carbocycles. The van der Waals surface area contributed by atoms with Crippen molar-refractivity contribution in [2.45, 2.75) is 32.7 Å². The SMILES string of the molecule is CC(=O)C1CCCN(Cc2ccc(F)cc2)CC1. The Morgan fingerprint density at radius 2 is 2.00 bits per heavy atom. The first-order chi connectivity index (χ1) is 8.65. The van der Waals surface area contributed by atoms with E-state index < -0.39 is 0 Å². The smallest absolute Gasteiger partial charge is 0.132 e. The molecule has 0 radical (unpaired) electrons. The maximum atomic E-state index is 12.8. The van der Waals surface area contributed by atoms with E-state index in [1.165, 1.54) is 12.1 Å². The topological polar surface area (TPSA) is 20.3 Å². The van der Waals surface area contributed by atoms with E-state index in [0.29, 0.717) is 5.78 Å². The van der Waals surface area contributed by atoms with Gasteiger partial charge in [0.2, 0.25) is 0 Å². The number of rotatable bonds is 3. The van der Waals surface area contributed by atoms with Crippen LogP contribution >= 0.6 is 0 Å². The second-order valence-corrected chi connectivity index (χ2v) is 5.14. The van der Waals surface area contributed by atoms with Gasteiger partial charge in [0.15, 0.2) is 0 Å². The first-order valence-electron chi connectivity index (χ1n) is 6.62. The largest absolute Gasteiger partial charge is 0.300 e. The summed E-state index contributed by atoms with van der Waals surface area (Å²) < 4.78 is 12.8. The zero-order valence-corrected chi connectivity index (χ0v) is 10.9. The first kappa shape index (κ1) is 13.2. The van der Waals surface area contributed by atoms with Crippen LogP contribution in [0.5, 0.6) is 0 Å². The van der Waals surface area contributed by atoms with Crippen LogP contribution in [0.1, 0.15) is 31.7 Å². The van der Waals surface area contributed by atoms with E-state index in [9.17, 15) is 9.18 Å². The lowest BCUT2D eigenvalue weighted by Gasteiger charge is -2.19. The zero-order chi connectivity index (χ0) is 13.0. The minimum Gasteiger partial charge on any atom is -0.300 e. The van der Waals surface area contributed by atoms with Crippen LogP contribution in [-0.4, -0.2) is 23.8 Å². The zero-order valence-electron chi connectivity index (χ0n) is 10.9. The fraction of sp³-hybridized carbons (Fsp3) is 0.533. The summed E-state index contributed by atoms with van der Waals surface area (Å²) in [5.41, 5.74) is 1.14. The standard InChI is InChI=1S/C15H20FNO/c1-12(18)14-3-2-9-17(10-8-14)11-13-4-6-15(16)7-5-13/h4-7,14H,2-3,8-11H2,1H3. The Morgan fingerprint density at radius 1 is 1.28 bits per heavy atom. The van der Waals surface area contributed by atoms with Gasteiger partial charge in [-0.2, -0.15) is 0 Å². The Bertz CT molecular complexity index is 401. The fourth-order valence-corrected chi connectivity index (χ4v) is 2.57. The van der Waals surface area contributed by atoms with Crippen molar-refractivity contribution >= 4 is 5.78 Å².